The van der Waals surface area contributed by atoms with Gasteiger partial charge in [0.1, 0.15) is 24.2 Å². The Bertz CT molecular complexity index is 1690. The molecule has 0 saturated carbocycles. The van der Waals surface area contributed by atoms with Crippen molar-refractivity contribution < 1.29 is 32.2 Å². The summed E-state index contributed by atoms with van der Waals surface area (Å²) in [5.74, 6) is -1.76. The molecule has 0 aliphatic carbocycles. The molecule has 2 aromatic carbocycles. The molecule has 1 aliphatic rings. The van der Waals surface area contributed by atoms with Crippen molar-refractivity contribution in [2.75, 3.05) is 41.8 Å². The second-order valence-electron chi connectivity index (χ2n) is 9.09. The number of nitrogens with one attached hydrogen (secondary N) is 2. The predicted molar refractivity (Wildman–Crippen MR) is 150 cm³/mol. The number of carboxylic acid groups (broad SMARTS) is 1. The lowest BCUT2D eigenvalue weighted by molar-refractivity contribution is -0.192. The van der Waals surface area contributed by atoms with Gasteiger partial charge in [0.2, 0.25) is 11.9 Å². The lowest BCUT2D eigenvalue weighted by Gasteiger charge is -2.25. The van der Waals surface area contributed by atoms with E-state index in [2.05, 4.69) is 40.7 Å². The van der Waals surface area contributed by atoms with E-state index in [0.717, 1.165) is 36.3 Å². The zero-order chi connectivity index (χ0) is 31.1. The van der Waals surface area contributed by atoms with Gasteiger partial charge >= 0.3 is 12.1 Å². The SMILES string of the molecule is Fc1cnc(Nc2ccc(-n3cnc(N4CCOCC4)n3)cc2)cc1-n1cnc(Nc2ccccc2)n1.O=C(O)C(F)(F)F. The minimum atomic E-state index is -5.08. The summed E-state index contributed by atoms with van der Waals surface area (Å²) < 4.78 is 54.8. The lowest BCUT2D eigenvalue weighted by atomic mass is 10.2. The summed E-state index contributed by atoms with van der Waals surface area (Å²) in [4.78, 5) is 23.8. The molecule has 0 amide bonds. The Balaban J connectivity index is 0.000000493. The molecule has 1 aliphatic heterocycles. The molecule has 13 nitrogen and oxygen atoms in total. The van der Waals surface area contributed by atoms with Gasteiger partial charge in [0.05, 0.1) is 25.1 Å². The molecule has 1 fully saturated rings. The first kappa shape index (κ1) is 29.9. The monoisotopic (exact) mass is 612 g/mol. The number of hydrogen-bond donors (Lipinski definition) is 3. The van der Waals surface area contributed by atoms with Crippen LogP contribution in [0.25, 0.3) is 11.4 Å². The Kier molecular flexibility index (Phi) is 8.94. The number of para-hydroxylation sites is 1. The molecule has 44 heavy (non-hydrogen) atoms. The maximum Gasteiger partial charge on any atom is 0.490 e. The minimum Gasteiger partial charge on any atom is -0.475 e. The lowest BCUT2D eigenvalue weighted by Crippen LogP contribution is -2.37. The molecule has 6 rings (SSSR count). The molecule has 228 valence electrons. The van der Waals surface area contributed by atoms with Gasteiger partial charge in [-0.05, 0) is 36.4 Å². The van der Waals surface area contributed by atoms with Gasteiger partial charge in [-0.25, -0.2) is 23.5 Å². The van der Waals surface area contributed by atoms with E-state index in [4.69, 9.17) is 14.6 Å². The Morgan fingerprint density at radius 2 is 1.52 bits per heavy atom. The Morgan fingerprint density at radius 3 is 2.20 bits per heavy atom. The number of benzene rings is 2. The summed E-state index contributed by atoms with van der Waals surface area (Å²) in [6, 6.07) is 18.7. The van der Waals surface area contributed by atoms with Crippen molar-refractivity contribution in [3.05, 3.63) is 85.3 Å². The molecule has 3 N–H and O–H groups in total. The first-order valence-corrected chi connectivity index (χ1v) is 13.0. The van der Waals surface area contributed by atoms with Crippen molar-refractivity contribution in [1.29, 1.82) is 0 Å². The smallest absolute Gasteiger partial charge is 0.475 e. The first-order valence-electron chi connectivity index (χ1n) is 13.0. The van der Waals surface area contributed by atoms with Crippen LogP contribution in [0.4, 0.5) is 46.7 Å². The summed E-state index contributed by atoms with van der Waals surface area (Å²) in [6.07, 6.45) is -0.786. The number of hydrogen-bond acceptors (Lipinski definition) is 10. The van der Waals surface area contributed by atoms with Crippen LogP contribution in [-0.2, 0) is 9.53 Å². The van der Waals surface area contributed by atoms with Crippen LogP contribution in [0, 0.1) is 5.82 Å². The van der Waals surface area contributed by atoms with Crippen molar-refractivity contribution >= 4 is 35.1 Å². The van der Waals surface area contributed by atoms with Crippen LogP contribution in [0.3, 0.4) is 0 Å². The number of carboxylic acids is 1. The van der Waals surface area contributed by atoms with Crippen LogP contribution in [0.5, 0.6) is 0 Å². The van der Waals surface area contributed by atoms with Crippen LogP contribution in [-0.4, -0.2) is 78.1 Å². The molecule has 3 aromatic heterocycles. The van der Waals surface area contributed by atoms with E-state index in [1.54, 1.807) is 17.1 Å². The Labute approximate surface area is 246 Å². The fourth-order valence-electron chi connectivity index (χ4n) is 3.89. The van der Waals surface area contributed by atoms with E-state index in [0.29, 0.717) is 30.9 Å². The second-order valence-corrected chi connectivity index (χ2v) is 9.09. The predicted octanol–water partition coefficient (Wildman–Crippen LogP) is 4.34. The fraction of sp³-hybridized carbons (Fsp3) is 0.185. The number of aliphatic carboxylic acids is 1. The topological polar surface area (TPSA) is 148 Å². The van der Waals surface area contributed by atoms with E-state index < -0.39 is 18.0 Å². The molecule has 0 radical (unpaired) electrons. The summed E-state index contributed by atoms with van der Waals surface area (Å²) in [5.41, 5.74) is 2.71. The van der Waals surface area contributed by atoms with E-state index in [1.165, 1.54) is 11.0 Å². The highest BCUT2D eigenvalue weighted by molar-refractivity contribution is 5.73. The second kappa shape index (κ2) is 13.2. The van der Waals surface area contributed by atoms with Crippen molar-refractivity contribution in [1.82, 2.24) is 34.5 Å². The first-order chi connectivity index (χ1) is 21.2. The van der Waals surface area contributed by atoms with Gasteiger partial charge in [-0.1, -0.05) is 18.2 Å². The molecular weight excluding hydrogens is 588 g/mol. The Morgan fingerprint density at radius 1 is 0.864 bits per heavy atom. The molecule has 17 heteroatoms. The van der Waals surface area contributed by atoms with Crippen LogP contribution >= 0.6 is 0 Å². The number of nitrogens with zero attached hydrogens (tertiary/aromatic N) is 8. The van der Waals surface area contributed by atoms with Gasteiger partial charge in [-0.15, -0.1) is 10.2 Å². The number of alkyl halides is 3. The minimum absolute atomic E-state index is 0.223. The number of pyridine rings is 1. The number of ether oxygens (including phenoxy) is 1. The van der Waals surface area contributed by atoms with Gasteiger partial charge in [0, 0.05) is 30.5 Å². The van der Waals surface area contributed by atoms with Crippen LogP contribution in [0.1, 0.15) is 0 Å². The number of rotatable bonds is 7. The number of morpholine rings is 1. The molecule has 0 spiro atoms. The average molecular weight is 613 g/mol. The maximum atomic E-state index is 14.6. The number of carbonyl (C=O) groups is 1. The number of anilines is 5. The fourth-order valence-corrected chi connectivity index (χ4v) is 3.89. The number of aromatic nitrogens is 7. The third-order valence-electron chi connectivity index (χ3n) is 6.02. The van der Waals surface area contributed by atoms with Crippen molar-refractivity contribution in [2.45, 2.75) is 6.18 Å². The highest BCUT2D eigenvalue weighted by Gasteiger charge is 2.38. The van der Waals surface area contributed by atoms with E-state index >= 15 is 0 Å². The van der Waals surface area contributed by atoms with Gasteiger partial charge in [0.25, 0.3) is 0 Å². The van der Waals surface area contributed by atoms with E-state index in [1.807, 2.05) is 54.6 Å². The summed E-state index contributed by atoms with van der Waals surface area (Å²) in [6.45, 7) is 2.91. The summed E-state index contributed by atoms with van der Waals surface area (Å²) in [5, 5.41) is 22.3. The van der Waals surface area contributed by atoms with Crippen LogP contribution in [0.15, 0.2) is 79.5 Å². The normalized spacial score (nSPS) is 13.1. The molecule has 5 aromatic rings. The third kappa shape index (κ3) is 7.62. The van der Waals surface area contributed by atoms with Crippen LogP contribution in [0.2, 0.25) is 0 Å². The molecule has 0 atom stereocenters. The van der Waals surface area contributed by atoms with Gasteiger partial charge in [-0.2, -0.15) is 23.1 Å². The highest BCUT2D eigenvalue weighted by atomic mass is 19.4. The molecular formula is C27H24F4N10O3. The average Bonchev–Trinajstić information content (AvgIpc) is 3.70. The van der Waals surface area contributed by atoms with Crippen molar-refractivity contribution in [3.63, 3.8) is 0 Å². The zero-order valence-corrected chi connectivity index (χ0v) is 22.7. The maximum absolute atomic E-state index is 14.6. The standard InChI is InChI=1S/C25H23FN10O.C2HF3O2/c26-21-15-27-23(14-22(21)36-16-28-24(32-36)31-18-4-2-1-3-5-18)30-19-6-8-20(9-7-19)35-17-29-25(33-35)34-10-12-37-13-11-34;3-2(4,5)1(6)7/h1-9,14-17H,10-13H2,(H,27,30)(H,31,32);(H,6,7). The quantitative estimate of drug-likeness (QED) is 0.226. The third-order valence-corrected chi connectivity index (χ3v) is 6.02. The van der Waals surface area contributed by atoms with Gasteiger partial charge in [0.15, 0.2) is 5.82 Å². The highest BCUT2D eigenvalue weighted by Crippen LogP contribution is 2.22. The van der Waals surface area contributed by atoms with E-state index in [-0.39, 0.29) is 5.69 Å². The van der Waals surface area contributed by atoms with E-state index in [9.17, 15) is 17.6 Å². The van der Waals surface area contributed by atoms with Gasteiger partial charge < -0.3 is 25.4 Å². The Hall–Kier alpha value is -5.58. The molecule has 1 saturated heterocycles. The largest absolute Gasteiger partial charge is 0.490 e. The van der Waals surface area contributed by atoms with Crippen LogP contribution < -0.4 is 15.5 Å². The van der Waals surface area contributed by atoms with Crippen molar-refractivity contribution in [2.24, 2.45) is 0 Å². The molecule has 0 unspecified atom stereocenters. The zero-order valence-electron chi connectivity index (χ0n) is 22.7. The van der Waals surface area contributed by atoms with Gasteiger partial charge in [-0.3, -0.25) is 0 Å². The molecule has 4 heterocycles. The number of halogens is 4. The molecule has 0 bridgehead atoms. The summed E-state index contributed by atoms with van der Waals surface area (Å²) >= 11 is 0. The summed E-state index contributed by atoms with van der Waals surface area (Å²) in [7, 11) is 0. The van der Waals surface area contributed by atoms with Crippen molar-refractivity contribution in [3.8, 4) is 11.4 Å².